The number of benzene rings is 3. The molecule has 4 aromatic heterocycles. The summed E-state index contributed by atoms with van der Waals surface area (Å²) in [5.74, 6) is 8.17. The number of aromatic nitrogens is 4. The molecule has 0 spiro atoms. The Bertz CT molecular complexity index is 2140. The van der Waals surface area contributed by atoms with Crippen LogP contribution in [0.1, 0.15) is 32.0 Å². The summed E-state index contributed by atoms with van der Waals surface area (Å²) in [7, 11) is 2.02. The van der Waals surface area contributed by atoms with Crippen molar-refractivity contribution in [3.05, 3.63) is 108 Å². The summed E-state index contributed by atoms with van der Waals surface area (Å²) in [6.45, 7) is 8.88. The molecule has 0 N–H and O–H groups in total. The second kappa shape index (κ2) is 13.3. The molecule has 0 saturated carbocycles. The van der Waals surface area contributed by atoms with Crippen molar-refractivity contribution < 1.29 is 24.5 Å². The maximum Gasteiger partial charge on any atom is 0.216 e. The SMILES string of the molecule is CC(C)(C)Cc1cc(-c2[c-]cccc2)nc[c]1[Ge]([CH3])([CH3])[CH3].Cc1ccc2c(n1)oc1c(-c3nc4ccccc4n3C)[c-]ccc12.[Ir]. The zero-order valence-corrected chi connectivity index (χ0v) is 32.3. The van der Waals surface area contributed by atoms with Gasteiger partial charge < -0.3 is 8.98 Å². The minimum Gasteiger partial charge on any atom is -0.486 e. The van der Waals surface area contributed by atoms with Gasteiger partial charge in [0.2, 0.25) is 5.71 Å². The first-order valence-corrected chi connectivity index (χ1v) is 22.8. The average Bonchev–Trinajstić information content (AvgIpc) is 3.53. The van der Waals surface area contributed by atoms with Crippen LogP contribution in [-0.2, 0) is 33.6 Å². The van der Waals surface area contributed by atoms with E-state index in [2.05, 4.69) is 90.2 Å². The topological polar surface area (TPSA) is 56.7 Å². The minimum absolute atomic E-state index is 0. The number of nitrogens with zero attached hydrogens (tertiary/aromatic N) is 4. The van der Waals surface area contributed by atoms with E-state index in [9.17, 15) is 0 Å². The molecule has 0 bridgehead atoms. The molecule has 237 valence electrons. The number of para-hydroxylation sites is 2. The van der Waals surface area contributed by atoms with Crippen LogP contribution >= 0.6 is 0 Å². The Kier molecular flexibility index (Phi) is 9.74. The fourth-order valence-electron chi connectivity index (χ4n) is 5.84. The van der Waals surface area contributed by atoms with E-state index in [4.69, 9.17) is 14.4 Å². The van der Waals surface area contributed by atoms with E-state index in [1.165, 1.54) is 9.96 Å². The summed E-state index contributed by atoms with van der Waals surface area (Å²) in [6, 6.07) is 33.1. The number of furan rings is 1. The Morgan fingerprint density at radius 1 is 0.870 bits per heavy atom. The summed E-state index contributed by atoms with van der Waals surface area (Å²) < 4.78 is 9.68. The zero-order chi connectivity index (χ0) is 31.9. The molecule has 0 aliphatic carbocycles. The third kappa shape index (κ3) is 7.05. The van der Waals surface area contributed by atoms with Gasteiger partial charge in [-0.2, -0.15) is 0 Å². The molecule has 0 unspecified atom stereocenters. The zero-order valence-electron chi connectivity index (χ0n) is 27.8. The largest absolute Gasteiger partial charge is 0.486 e. The molecule has 0 atom stereocenters. The summed E-state index contributed by atoms with van der Waals surface area (Å²) in [5, 5.41) is 2.06. The monoisotopic (exact) mass is 847 g/mol. The van der Waals surface area contributed by atoms with Crippen LogP contribution in [0, 0.1) is 24.5 Å². The summed E-state index contributed by atoms with van der Waals surface area (Å²) in [4.78, 5) is 14.0. The van der Waals surface area contributed by atoms with E-state index < -0.39 is 13.3 Å². The van der Waals surface area contributed by atoms with E-state index in [1.54, 1.807) is 0 Å². The average molecular weight is 846 g/mol. The molecule has 0 aliphatic heterocycles. The van der Waals surface area contributed by atoms with Gasteiger partial charge in [-0.1, -0.05) is 23.1 Å². The third-order valence-corrected chi connectivity index (χ3v) is 12.3. The Morgan fingerprint density at radius 2 is 1.63 bits per heavy atom. The Morgan fingerprint density at radius 3 is 2.33 bits per heavy atom. The maximum absolute atomic E-state index is 6.07. The predicted octanol–water partition coefficient (Wildman–Crippen LogP) is 9.32. The van der Waals surface area contributed by atoms with Crippen LogP contribution in [0.3, 0.4) is 0 Å². The second-order valence-corrected chi connectivity index (χ2v) is 24.5. The van der Waals surface area contributed by atoms with Gasteiger partial charge in [0.15, 0.2) is 0 Å². The first kappa shape index (κ1) is 33.8. The molecule has 4 heterocycles. The van der Waals surface area contributed by atoms with Crippen LogP contribution in [-0.4, -0.2) is 32.8 Å². The van der Waals surface area contributed by atoms with Gasteiger partial charge in [-0.3, -0.25) is 4.98 Å². The van der Waals surface area contributed by atoms with Crippen LogP contribution < -0.4 is 4.40 Å². The first-order chi connectivity index (χ1) is 21.4. The molecular formula is C39H40GeIrN4O-2. The first-order valence-electron chi connectivity index (χ1n) is 15.5. The van der Waals surface area contributed by atoms with Crippen LogP contribution in [0.5, 0.6) is 0 Å². The normalized spacial score (nSPS) is 11.8. The number of rotatable bonds is 4. The van der Waals surface area contributed by atoms with Gasteiger partial charge >= 0.3 is 132 Å². The van der Waals surface area contributed by atoms with E-state index >= 15 is 0 Å². The van der Waals surface area contributed by atoms with Crippen molar-refractivity contribution in [2.75, 3.05) is 0 Å². The van der Waals surface area contributed by atoms with Gasteiger partial charge in [-0.15, -0.1) is 18.2 Å². The van der Waals surface area contributed by atoms with Crippen molar-refractivity contribution in [2.45, 2.75) is 51.4 Å². The van der Waals surface area contributed by atoms with E-state index in [0.29, 0.717) is 11.1 Å². The molecular weight excluding hydrogens is 805 g/mol. The van der Waals surface area contributed by atoms with Crippen LogP contribution in [0.2, 0.25) is 17.3 Å². The van der Waals surface area contributed by atoms with E-state index in [-0.39, 0.29) is 20.1 Å². The number of imidazole rings is 1. The summed E-state index contributed by atoms with van der Waals surface area (Å²) in [5.41, 5.74) is 9.20. The van der Waals surface area contributed by atoms with Crippen LogP contribution in [0.15, 0.2) is 89.5 Å². The van der Waals surface area contributed by atoms with Crippen molar-refractivity contribution in [3.8, 4) is 22.6 Å². The fourth-order valence-corrected chi connectivity index (χ4v) is 9.15. The quantitative estimate of drug-likeness (QED) is 0.131. The van der Waals surface area contributed by atoms with Crippen LogP contribution in [0.4, 0.5) is 0 Å². The molecule has 0 amide bonds. The molecule has 7 rings (SSSR count). The number of fused-ring (bicyclic) bond motifs is 4. The minimum atomic E-state index is -1.90. The molecule has 1 radical (unpaired) electrons. The summed E-state index contributed by atoms with van der Waals surface area (Å²) in [6.07, 6.45) is 3.24. The second-order valence-electron chi connectivity index (χ2n) is 14.0. The van der Waals surface area contributed by atoms with Gasteiger partial charge in [0.05, 0.1) is 22.4 Å². The molecule has 46 heavy (non-hydrogen) atoms. The number of hydrogen-bond donors (Lipinski definition) is 0. The van der Waals surface area contributed by atoms with Gasteiger partial charge in [0.1, 0.15) is 0 Å². The van der Waals surface area contributed by atoms with E-state index in [1.807, 2.05) is 68.6 Å². The van der Waals surface area contributed by atoms with Gasteiger partial charge in [-0.05, 0) is 31.2 Å². The standard InChI is InChI=1S/C20H14N3O.C19H26GeN.Ir/c1-12-10-11-14-13-6-5-7-15(18(13)24-20(14)21-12)19-22-16-8-3-4-9-17(16)23(19)2;1-19(2,3)13-16-12-18(15-10-8-7-9-11-15)21-14-17(16)20(4,5)6;/h3-6,8-11H,1-2H3;7-10,12,14H,13H2,1-6H3;/q2*-1;. The summed E-state index contributed by atoms with van der Waals surface area (Å²) >= 11 is -1.90. The third-order valence-electron chi connectivity index (χ3n) is 7.95. The number of pyridine rings is 2. The smallest absolute Gasteiger partial charge is 0.216 e. The van der Waals surface area contributed by atoms with Crippen molar-refractivity contribution in [2.24, 2.45) is 12.5 Å². The number of hydrogen-bond acceptors (Lipinski definition) is 4. The Labute approximate surface area is 288 Å². The molecule has 5 nitrogen and oxygen atoms in total. The van der Waals surface area contributed by atoms with Crippen molar-refractivity contribution >= 4 is 50.8 Å². The molecule has 7 heteroatoms. The Balaban J connectivity index is 0.000000179. The molecule has 0 saturated heterocycles. The van der Waals surface area contributed by atoms with E-state index in [0.717, 1.165) is 62.1 Å². The van der Waals surface area contributed by atoms with Gasteiger partial charge in [0, 0.05) is 38.2 Å². The molecule has 0 fully saturated rings. The fraction of sp³-hybridized carbons (Fsp3) is 0.256. The van der Waals surface area contributed by atoms with Gasteiger partial charge in [-0.25, -0.2) is 4.98 Å². The van der Waals surface area contributed by atoms with Crippen molar-refractivity contribution in [3.63, 3.8) is 0 Å². The number of aryl methyl sites for hydroxylation is 2. The van der Waals surface area contributed by atoms with Crippen molar-refractivity contribution in [1.82, 2.24) is 19.5 Å². The predicted molar refractivity (Wildman–Crippen MR) is 189 cm³/mol. The Hall–Kier alpha value is -3.58. The molecule has 0 aliphatic rings. The molecule has 3 aromatic carbocycles. The molecule has 7 aromatic rings. The van der Waals surface area contributed by atoms with Crippen LogP contribution in [0.25, 0.3) is 55.7 Å². The van der Waals surface area contributed by atoms with Crippen molar-refractivity contribution in [1.29, 1.82) is 0 Å². The maximum atomic E-state index is 6.07. The van der Waals surface area contributed by atoms with Gasteiger partial charge in [0.25, 0.3) is 0 Å².